The summed E-state index contributed by atoms with van der Waals surface area (Å²) in [5, 5.41) is 2.91. The van der Waals surface area contributed by atoms with E-state index >= 15 is 0 Å². The summed E-state index contributed by atoms with van der Waals surface area (Å²) in [6.07, 6.45) is 0. The minimum Gasteiger partial charge on any atom is -0.468 e. The molecule has 0 spiro atoms. The number of esters is 1. The number of methoxy groups -OCH3 is 1. The second-order valence-corrected chi connectivity index (χ2v) is 4.04. The summed E-state index contributed by atoms with van der Waals surface area (Å²) in [7, 11) is 1.34. The SMILES string of the molecule is COC(=O)CNc1ccc2scnc2c1N. The van der Waals surface area contributed by atoms with Gasteiger partial charge in [-0.3, -0.25) is 4.79 Å². The van der Waals surface area contributed by atoms with Crippen LogP contribution in [0.25, 0.3) is 10.2 Å². The fourth-order valence-electron chi connectivity index (χ4n) is 1.35. The zero-order valence-corrected chi connectivity index (χ0v) is 9.50. The topological polar surface area (TPSA) is 77.2 Å². The first-order chi connectivity index (χ1) is 7.72. The van der Waals surface area contributed by atoms with Crippen LogP contribution in [0.4, 0.5) is 11.4 Å². The fraction of sp³-hybridized carbons (Fsp3) is 0.200. The van der Waals surface area contributed by atoms with Crippen LogP contribution in [0.5, 0.6) is 0 Å². The zero-order chi connectivity index (χ0) is 11.5. The van der Waals surface area contributed by atoms with Crippen molar-refractivity contribution in [2.45, 2.75) is 0 Å². The molecule has 2 aromatic rings. The third-order valence-electron chi connectivity index (χ3n) is 2.19. The molecule has 84 valence electrons. The minimum atomic E-state index is -0.335. The van der Waals surface area contributed by atoms with Gasteiger partial charge in [0, 0.05) is 0 Å². The van der Waals surface area contributed by atoms with Gasteiger partial charge >= 0.3 is 5.97 Å². The highest BCUT2D eigenvalue weighted by molar-refractivity contribution is 7.16. The predicted octanol–water partition coefficient (Wildman–Crippen LogP) is 1.46. The minimum absolute atomic E-state index is 0.0936. The van der Waals surface area contributed by atoms with E-state index in [2.05, 4.69) is 15.0 Å². The molecule has 0 bridgehead atoms. The number of ether oxygens (including phenoxy) is 1. The van der Waals surface area contributed by atoms with E-state index in [9.17, 15) is 4.79 Å². The second kappa shape index (κ2) is 4.36. The van der Waals surface area contributed by atoms with Crippen LogP contribution in [0.3, 0.4) is 0 Å². The third kappa shape index (κ3) is 1.92. The molecule has 5 nitrogen and oxygen atoms in total. The van der Waals surface area contributed by atoms with Gasteiger partial charge in [-0.25, -0.2) is 4.98 Å². The van der Waals surface area contributed by atoms with E-state index in [1.165, 1.54) is 18.4 Å². The van der Waals surface area contributed by atoms with Crippen LogP contribution < -0.4 is 11.1 Å². The molecular formula is C10H11N3O2S. The molecule has 2 rings (SSSR count). The summed E-state index contributed by atoms with van der Waals surface area (Å²) < 4.78 is 5.56. The number of carbonyl (C=O) groups excluding carboxylic acids is 1. The second-order valence-electron chi connectivity index (χ2n) is 3.16. The van der Waals surface area contributed by atoms with Crippen LogP contribution >= 0.6 is 11.3 Å². The fourth-order valence-corrected chi connectivity index (χ4v) is 2.04. The van der Waals surface area contributed by atoms with Crippen molar-refractivity contribution >= 4 is 38.9 Å². The Morgan fingerprint density at radius 1 is 1.62 bits per heavy atom. The molecule has 0 aliphatic heterocycles. The molecule has 0 aliphatic carbocycles. The van der Waals surface area contributed by atoms with Gasteiger partial charge in [0.05, 0.1) is 28.7 Å². The number of thiazole rings is 1. The lowest BCUT2D eigenvalue weighted by Gasteiger charge is -2.08. The molecule has 0 aliphatic rings. The Kier molecular flexibility index (Phi) is 2.91. The first-order valence-corrected chi connectivity index (χ1v) is 5.52. The zero-order valence-electron chi connectivity index (χ0n) is 8.69. The van der Waals surface area contributed by atoms with Crippen molar-refractivity contribution in [2.75, 3.05) is 24.7 Å². The maximum absolute atomic E-state index is 11.0. The van der Waals surface area contributed by atoms with Crippen LogP contribution in [-0.2, 0) is 9.53 Å². The molecule has 3 N–H and O–H groups in total. The predicted molar refractivity (Wildman–Crippen MR) is 64.5 cm³/mol. The molecule has 0 saturated carbocycles. The summed E-state index contributed by atoms with van der Waals surface area (Å²) in [6, 6.07) is 3.75. The Morgan fingerprint density at radius 2 is 2.44 bits per heavy atom. The quantitative estimate of drug-likeness (QED) is 0.624. The lowest BCUT2D eigenvalue weighted by atomic mass is 10.2. The van der Waals surface area contributed by atoms with Crippen LogP contribution in [-0.4, -0.2) is 24.6 Å². The molecule has 6 heteroatoms. The average molecular weight is 237 g/mol. The number of nitrogens with two attached hydrogens (primary N) is 1. The molecule has 0 saturated heterocycles. The van der Waals surface area contributed by atoms with Crippen molar-refractivity contribution in [3.63, 3.8) is 0 Å². The first-order valence-electron chi connectivity index (χ1n) is 4.64. The summed E-state index contributed by atoms with van der Waals surface area (Å²) >= 11 is 1.53. The molecule has 1 aromatic heterocycles. The van der Waals surface area contributed by atoms with Gasteiger partial charge in [-0.05, 0) is 12.1 Å². The number of anilines is 2. The molecule has 0 radical (unpaired) electrons. The molecule has 1 aromatic carbocycles. The number of fused-ring (bicyclic) bond motifs is 1. The largest absolute Gasteiger partial charge is 0.468 e. The highest BCUT2D eigenvalue weighted by atomic mass is 32.1. The van der Waals surface area contributed by atoms with Crippen LogP contribution in [0, 0.1) is 0 Å². The number of aromatic nitrogens is 1. The summed E-state index contributed by atoms with van der Waals surface area (Å²) in [5.74, 6) is -0.335. The van der Waals surface area contributed by atoms with Crippen LogP contribution in [0.15, 0.2) is 17.6 Å². The van der Waals surface area contributed by atoms with Crippen molar-refractivity contribution in [3.05, 3.63) is 17.6 Å². The van der Waals surface area contributed by atoms with E-state index in [4.69, 9.17) is 5.73 Å². The third-order valence-corrected chi connectivity index (χ3v) is 2.99. The molecule has 16 heavy (non-hydrogen) atoms. The number of nitrogen functional groups attached to an aromatic ring is 1. The van der Waals surface area contributed by atoms with Gasteiger partial charge < -0.3 is 15.8 Å². The lowest BCUT2D eigenvalue weighted by Crippen LogP contribution is -2.15. The summed E-state index contributed by atoms with van der Waals surface area (Å²) in [6.45, 7) is 0.0936. The van der Waals surface area contributed by atoms with Gasteiger partial charge in [0.15, 0.2) is 0 Å². The summed E-state index contributed by atoms with van der Waals surface area (Å²) in [4.78, 5) is 15.1. The molecule has 1 heterocycles. The van der Waals surface area contributed by atoms with Crippen molar-refractivity contribution in [3.8, 4) is 0 Å². The number of benzene rings is 1. The van der Waals surface area contributed by atoms with E-state index in [0.717, 1.165) is 10.2 Å². The standard InChI is InChI=1S/C10H11N3O2S/c1-15-8(14)4-12-6-2-3-7-10(9(6)11)13-5-16-7/h2-3,5,12H,4,11H2,1H3. The van der Waals surface area contributed by atoms with Gasteiger partial charge in [-0.15, -0.1) is 11.3 Å². The molecule has 0 fully saturated rings. The molecule has 0 amide bonds. The number of nitrogens with zero attached hydrogens (tertiary/aromatic N) is 1. The van der Waals surface area contributed by atoms with Crippen molar-refractivity contribution in [2.24, 2.45) is 0 Å². The Balaban J connectivity index is 2.24. The maximum atomic E-state index is 11.0. The number of hydrogen-bond donors (Lipinski definition) is 2. The van der Waals surface area contributed by atoms with Gasteiger partial charge in [0.1, 0.15) is 12.1 Å². The Hall–Kier alpha value is -1.82. The van der Waals surface area contributed by atoms with E-state index in [1.807, 2.05) is 12.1 Å². The Labute approximate surface area is 96.2 Å². The highest BCUT2D eigenvalue weighted by Gasteiger charge is 2.07. The van der Waals surface area contributed by atoms with E-state index in [0.29, 0.717) is 11.4 Å². The maximum Gasteiger partial charge on any atom is 0.325 e. The van der Waals surface area contributed by atoms with E-state index in [1.54, 1.807) is 5.51 Å². The first kappa shape index (κ1) is 10.7. The highest BCUT2D eigenvalue weighted by Crippen LogP contribution is 2.29. The van der Waals surface area contributed by atoms with E-state index in [-0.39, 0.29) is 12.5 Å². The number of rotatable bonds is 3. The summed E-state index contributed by atoms with van der Waals surface area (Å²) in [5.41, 5.74) is 9.68. The van der Waals surface area contributed by atoms with Gasteiger partial charge in [-0.1, -0.05) is 0 Å². The number of hydrogen-bond acceptors (Lipinski definition) is 6. The molecular weight excluding hydrogens is 226 g/mol. The van der Waals surface area contributed by atoms with Crippen molar-refractivity contribution < 1.29 is 9.53 Å². The van der Waals surface area contributed by atoms with Crippen molar-refractivity contribution in [1.29, 1.82) is 0 Å². The normalized spacial score (nSPS) is 10.3. The Bertz CT molecular complexity index is 524. The van der Waals surface area contributed by atoms with Crippen molar-refractivity contribution in [1.82, 2.24) is 4.98 Å². The Morgan fingerprint density at radius 3 is 3.19 bits per heavy atom. The van der Waals surface area contributed by atoms with Crippen LogP contribution in [0.1, 0.15) is 0 Å². The number of carbonyl (C=O) groups is 1. The van der Waals surface area contributed by atoms with Crippen LogP contribution in [0.2, 0.25) is 0 Å². The molecule has 0 atom stereocenters. The smallest absolute Gasteiger partial charge is 0.325 e. The monoisotopic (exact) mass is 237 g/mol. The van der Waals surface area contributed by atoms with E-state index < -0.39 is 0 Å². The molecule has 0 unspecified atom stereocenters. The van der Waals surface area contributed by atoms with Gasteiger partial charge in [0.2, 0.25) is 0 Å². The van der Waals surface area contributed by atoms with Gasteiger partial charge in [0.25, 0.3) is 0 Å². The average Bonchev–Trinajstić information content (AvgIpc) is 2.76. The number of nitrogens with one attached hydrogen (secondary N) is 1. The lowest BCUT2D eigenvalue weighted by molar-refractivity contribution is -0.138. The van der Waals surface area contributed by atoms with Gasteiger partial charge in [-0.2, -0.15) is 0 Å².